The van der Waals surface area contributed by atoms with Gasteiger partial charge < -0.3 is 5.11 Å². The maximum atomic E-state index is 9.83. The van der Waals surface area contributed by atoms with Crippen LogP contribution in [0.4, 0.5) is 0 Å². The summed E-state index contributed by atoms with van der Waals surface area (Å²) in [4.78, 5) is 7.94. The van der Waals surface area contributed by atoms with Crippen LogP contribution in [0.5, 0.6) is 0 Å². The minimum Gasteiger partial charge on any atom is -0.386 e. The van der Waals surface area contributed by atoms with Gasteiger partial charge in [0.05, 0.1) is 5.60 Å². The van der Waals surface area contributed by atoms with E-state index in [1.807, 2.05) is 24.3 Å². The third-order valence-electron chi connectivity index (χ3n) is 2.49. The lowest BCUT2D eigenvalue weighted by molar-refractivity contribution is 0.0786. The molecule has 0 aliphatic heterocycles. The van der Waals surface area contributed by atoms with Crippen molar-refractivity contribution in [1.29, 1.82) is 0 Å². The second-order valence-corrected chi connectivity index (χ2v) is 4.26. The van der Waals surface area contributed by atoms with E-state index in [2.05, 4.69) is 9.97 Å². The van der Waals surface area contributed by atoms with Crippen LogP contribution in [-0.4, -0.2) is 15.1 Å². The average Bonchev–Trinajstić information content (AvgIpc) is 2.29. The molecule has 1 heterocycles. The molecule has 2 rings (SSSR count). The Morgan fingerprint density at radius 1 is 0.938 bits per heavy atom. The lowest BCUT2D eigenvalue weighted by atomic mass is 9.96. The fourth-order valence-corrected chi connectivity index (χ4v) is 1.52. The van der Waals surface area contributed by atoms with Crippen molar-refractivity contribution in [3.63, 3.8) is 0 Å². The number of hydrogen-bond acceptors (Lipinski definition) is 3. The number of aromatic nitrogens is 2. The summed E-state index contributed by atoms with van der Waals surface area (Å²) < 4.78 is 0. The Kier molecular flexibility index (Phi) is 2.71. The lowest BCUT2D eigenvalue weighted by Gasteiger charge is -2.17. The third-order valence-corrected chi connectivity index (χ3v) is 2.49. The number of rotatable bonds is 2. The van der Waals surface area contributed by atoms with Gasteiger partial charge in [-0.25, -0.2) is 9.97 Å². The van der Waals surface area contributed by atoms with Crippen molar-refractivity contribution in [3.05, 3.63) is 48.5 Å². The molecular weight excluding hydrogens is 200 g/mol. The standard InChI is InChI=1S/C13H14N2O/c1-13(2,16)12-5-3-10(4-6-12)11-7-14-9-15-8-11/h3-9,16H,1-2H3. The molecule has 0 fully saturated rings. The highest BCUT2D eigenvalue weighted by Crippen LogP contribution is 2.23. The van der Waals surface area contributed by atoms with E-state index in [0.29, 0.717) is 0 Å². The van der Waals surface area contributed by atoms with Gasteiger partial charge >= 0.3 is 0 Å². The van der Waals surface area contributed by atoms with Crippen molar-refractivity contribution in [2.75, 3.05) is 0 Å². The second kappa shape index (κ2) is 4.02. The highest BCUT2D eigenvalue weighted by Gasteiger charge is 2.15. The Hall–Kier alpha value is -1.74. The first-order chi connectivity index (χ1) is 7.57. The summed E-state index contributed by atoms with van der Waals surface area (Å²) in [5, 5.41) is 9.83. The minimum atomic E-state index is -0.800. The second-order valence-electron chi connectivity index (χ2n) is 4.26. The highest BCUT2D eigenvalue weighted by atomic mass is 16.3. The third kappa shape index (κ3) is 2.25. The van der Waals surface area contributed by atoms with Gasteiger partial charge in [0.1, 0.15) is 6.33 Å². The zero-order valence-corrected chi connectivity index (χ0v) is 9.38. The maximum Gasteiger partial charge on any atom is 0.115 e. The van der Waals surface area contributed by atoms with Gasteiger partial charge in [0.2, 0.25) is 0 Å². The lowest BCUT2D eigenvalue weighted by Crippen LogP contribution is -2.14. The Balaban J connectivity index is 2.34. The predicted octanol–water partition coefficient (Wildman–Crippen LogP) is 2.37. The molecule has 2 aromatic rings. The number of aliphatic hydroxyl groups is 1. The molecule has 0 aliphatic carbocycles. The Morgan fingerprint density at radius 2 is 1.50 bits per heavy atom. The number of hydrogen-bond donors (Lipinski definition) is 1. The summed E-state index contributed by atoms with van der Waals surface area (Å²) in [6, 6.07) is 7.77. The van der Waals surface area contributed by atoms with Gasteiger partial charge in [0.15, 0.2) is 0 Å². The van der Waals surface area contributed by atoms with E-state index in [-0.39, 0.29) is 0 Å². The molecule has 3 nitrogen and oxygen atoms in total. The summed E-state index contributed by atoms with van der Waals surface area (Å²) in [6.07, 6.45) is 5.05. The molecule has 0 unspecified atom stereocenters. The van der Waals surface area contributed by atoms with Crippen molar-refractivity contribution in [2.45, 2.75) is 19.4 Å². The largest absolute Gasteiger partial charge is 0.386 e. The van der Waals surface area contributed by atoms with Crippen LogP contribution in [-0.2, 0) is 5.60 Å². The summed E-state index contributed by atoms with van der Waals surface area (Å²) in [7, 11) is 0. The van der Waals surface area contributed by atoms with Crippen molar-refractivity contribution in [2.24, 2.45) is 0 Å². The first-order valence-electron chi connectivity index (χ1n) is 5.16. The predicted molar refractivity (Wildman–Crippen MR) is 62.7 cm³/mol. The molecule has 0 atom stereocenters. The molecular formula is C13H14N2O. The summed E-state index contributed by atoms with van der Waals surface area (Å²) in [5.74, 6) is 0. The van der Waals surface area contributed by atoms with Crippen LogP contribution in [0.1, 0.15) is 19.4 Å². The molecule has 0 radical (unpaired) electrons. The zero-order valence-electron chi connectivity index (χ0n) is 9.38. The molecule has 82 valence electrons. The number of nitrogens with zero attached hydrogens (tertiary/aromatic N) is 2. The Morgan fingerprint density at radius 3 is 2.00 bits per heavy atom. The minimum absolute atomic E-state index is 0.800. The first kappa shape index (κ1) is 10.8. The smallest absolute Gasteiger partial charge is 0.115 e. The molecule has 1 aromatic heterocycles. The molecule has 0 aliphatic rings. The maximum absolute atomic E-state index is 9.83. The molecule has 1 aromatic carbocycles. The normalized spacial score (nSPS) is 11.4. The van der Waals surface area contributed by atoms with E-state index >= 15 is 0 Å². The van der Waals surface area contributed by atoms with Gasteiger partial charge in [-0.05, 0) is 25.0 Å². The number of benzene rings is 1. The Labute approximate surface area is 94.8 Å². The van der Waals surface area contributed by atoms with Crippen LogP contribution in [0.3, 0.4) is 0 Å². The van der Waals surface area contributed by atoms with Crippen molar-refractivity contribution >= 4 is 0 Å². The molecule has 3 heteroatoms. The van der Waals surface area contributed by atoms with Gasteiger partial charge in [-0.15, -0.1) is 0 Å². The van der Waals surface area contributed by atoms with Gasteiger partial charge in [-0.2, -0.15) is 0 Å². The zero-order chi connectivity index (χ0) is 11.6. The van der Waals surface area contributed by atoms with Crippen LogP contribution in [0, 0.1) is 0 Å². The molecule has 0 saturated heterocycles. The molecule has 0 amide bonds. The van der Waals surface area contributed by atoms with Crippen LogP contribution < -0.4 is 0 Å². The van der Waals surface area contributed by atoms with Crippen molar-refractivity contribution < 1.29 is 5.11 Å². The summed E-state index contributed by atoms with van der Waals surface area (Å²) in [5.41, 5.74) is 2.12. The summed E-state index contributed by atoms with van der Waals surface area (Å²) >= 11 is 0. The fourth-order valence-electron chi connectivity index (χ4n) is 1.52. The fraction of sp³-hybridized carbons (Fsp3) is 0.231. The monoisotopic (exact) mass is 214 g/mol. The quantitative estimate of drug-likeness (QED) is 0.834. The van der Waals surface area contributed by atoms with Gasteiger partial charge in [0.25, 0.3) is 0 Å². The van der Waals surface area contributed by atoms with Gasteiger partial charge in [0, 0.05) is 18.0 Å². The van der Waals surface area contributed by atoms with Crippen LogP contribution in [0.25, 0.3) is 11.1 Å². The van der Waals surface area contributed by atoms with E-state index < -0.39 is 5.60 Å². The summed E-state index contributed by atoms with van der Waals surface area (Å²) in [6.45, 7) is 3.54. The highest BCUT2D eigenvalue weighted by molar-refractivity contribution is 5.61. The van der Waals surface area contributed by atoms with E-state index in [4.69, 9.17) is 0 Å². The average molecular weight is 214 g/mol. The van der Waals surface area contributed by atoms with E-state index in [1.165, 1.54) is 6.33 Å². The first-order valence-corrected chi connectivity index (χ1v) is 5.16. The van der Waals surface area contributed by atoms with Crippen molar-refractivity contribution in [3.8, 4) is 11.1 Å². The van der Waals surface area contributed by atoms with Crippen LogP contribution >= 0.6 is 0 Å². The van der Waals surface area contributed by atoms with E-state index in [9.17, 15) is 5.11 Å². The van der Waals surface area contributed by atoms with E-state index in [0.717, 1.165) is 16.7 Å². The van der Waals surface area contributed by atoms with Crippen LogP contribution in [0.2, 0.25) is 0 Å². The van der Waals surface area contributed by atoms with E-state index in [1.54, 1.807) is 26.2 Å². The van der Waals surface area contributed by atoms with Crippen molar-refractivity contribution in [1.82, 2.24) is 9.97 Å². The molecule has 0 bridgehead atoms. The molecule has 0 saturated carbocycles. The SMILES string of the molecule is CC(C)(O)c1ccc(-c2cncnc2)cc1. The molecule has 16 heavy (non-hydrogen) atoms. The van der Waals surface area contributed by atoms with Gasteiger partial charge in [-0.1, -0.05) is 24.3 Å². The van der Waals surface area contributed by atoms with Gasteiger partial charge in [-0.3, -0.25) is 0 Å². The topological polar surface area (TPSA) is 46.0 Å². The Bertz CT molecular complexity index is 458. The van der Waals surface area contributed by atoms with Crippen LogP contribution in [0.15, 0.2) is 43.0 Å². The molecule has 1 N–H and O–H groups in total. The molecule has 0 spiro atoms.